The third kappa shape index (κ3) is 4.43. The van der Waals surface area contributed by atoms with Gasteiger partial charge in [0.05, 0.1) is 17.7 Å². The van der Waals surface area contributed by atoms with Crippen LogP contribution in [-0.4, -0.2) is 30.6 Å². The number of carbonyl (C=O) groups is 2. The molecular weight excluding hydrogens is 360 g/mol. The lowest BCUT2D eigenvalue weighted by Crippen LogP contribution is -2.19. The van der Waals surface area contributed by atoms with E-state index in [-0.39, 0.29) is 18.5 Å². The monoisotopic (exact) mass is 374 g/mol. The predicted octanol–water partition coefficient (Wildman–Crippen LogP) is 3.68. The molecule has 3 rings (SSSR count). The molecule has 0 atom stereocenters. The molecule has 0 aliphatic heterocycles. The fourth-order valence-electron chi connectivity index (χ4n) is 1.95. The fourth-order valence-corrected chi connectivity index (χ4v) is 3.64. The van der Waals surface area contributed by atoms with Crippen molar-refractivity contribution >= 4 is 39.7 Å². The quantitative estimate of drug-likeness (QED) is 0.666. The highest BCUT2D eigenvalue weighted by atomic mass is 32.1. The molecule has 1 N–H and O–H groups in total. The van der Waals surface area contributed by atoms with Gasteiger partial charge < -0.3 is 9.47 Å². The minimum absolute atomic E-state index is 0.0928. The summed E-state index contributed by atoms with van der Waals surface area (Å²) in [6.45, 7) is -0.0928. The van der Waals surface area contributed by atoms with Crippen molar-refractivity contribution in [2.45, 2.75) is 0 Å². The Morgan fingerprint density at radius 3 is 2.72 bits per heavy atom. The number of methoxy groups -OCH3 is 1. The summed E-state index contributed by atoms with van der Waals surface area (Å²) in [5.41, 5.74) is 0.699. The summed E-state index contributed by atoms with van der Waals surface area (Å²) in [6.07, 6.45) is 0. The summed E-state index contributed by atoms with van der Waals surface area (Å²) in [4.78, 5) is 29.1. The second kappa shape index (κ2) is 7.91. The SMILES string of the molecule is COC(=O)c1ccc(-c2csc(NC(=O)COc3ccccc3)n2)s1. The lowest BCUT2D eigenvalue weighted by Gasteiger charge is -2.05. The van der Waals surface area contributed by atoms with E-state index >= 15 is 0 Å². The van der Waals surface area contributed by atoms with Crippen molar-refractivity contribution in [3.8, 4) is 16.3 Å². The van der Waals surface area contributed by atoms with Crippen LogP contribution >= 0.6 is 22.7 Å². The third-order valence-corrected chi connectivity index (χ3v) is 4.95. The number of amides is 1. The van der Waals surface area contributed by atoms with Crippen LogP contribution < -0.4 is 10.1 Å². The lowest BCUT2D eigenvalue weighted by atomic mass is 10.3. The molecule has 0 saturated carbocycles. The first-order valence-electron chi connectivity index (χ1n) is 7.27. The van der Waals surface area contributed by atoms with Gasteiger partial charge in [0.1, 0.15) is 10.6 Å². The van der Waals surface area contributed by atoms with Crippen LogP contribution in [0.1, 0.15) is 9.67 Å². The van der Waals surface area contributed by atoms with E-state index in [1.165, 1.54) is 29.8 Å². The van der Waals surface area contributed by atoms with Gasteiger partial charge in [0, 0.05) is 5.38 Å². The standard InChI is InChI=1S/C17H14N2O4S2/c1-22-16(21)14-8-7-13(25-14)12-10-24-17(18-12)19-15(20)9-23-11-5-3-2-4-6-11/h2-8,10H,9H2,1H3,(H,18,19,20). The second-order valence-electron chi connectivity index (χ2n) is 4.84. The largest absolute Gasteiger partial charge is 0.484 e. The topological polar surface area (TPSA) is 77.5 Å². The van der Waals surface area contributed by atoms with E-state index in [2.05, 4.69) is 15.0 Å². The molecule has 128 valence electrons. The smallest absolute Gasteiger partial charge is 0.348 e. The predicted molar refractivity (Wildman–Crippen MR) is 97.3 cm³/mol. The molecule has 3 aromatic rings. The lowest BCUT2D eigenvalue weighted by molar-refractivity contribution is -0.118. The van der Waals surface area contributed by atoms with Crippen LogP contribution in [0, 0.1) is 0 Å². The molecule has 0 fully saturated rings. The summed E-state index contributed by atoms with van der Waals surface area (Å²) >= 11 is 2.60. The number of thiazole rings is 1. The fraction of sp³-hybridized carbons (Fsp3) is 0.118. The van der Waals surface area contributed by atoms with Gasteiger partial charge in [0.15, 0.2) is 11.7 Å². The Hall–Kier alpha value is -2.71. The van der Waals surface area contributed by atoms with Crippen LogP contribution in [0.3, 0.4) is 0 Å². The molecule has 0 radical (unpaired) electrons. The van der Waals surface area contributed by atoms with Crippen molar-refractivity contribution in [2.75, 3.05) is 19.0 Å². The van der Waals surface area contributed by atoms with Crippen LogP contribution in [0.4, 0.5) is 5.13 Å². The molecule has 2 aromatic heterocycles. The average Bonchev–Trinajstić information content (AvgIpc) is 3.29. The van der Waals surface area contributed by atoms with Crippen LogP contribution in [0.25, 0.3) is 10.6 Å². The summed E-state index contributed by atoms with van der Waals surface area (Å²) in [5, 5.41) is 5.00. The molecule has 0 aliphatic carbocycles. The Kier molecular flexibility index (Phi) is 5.42. The maximum atomic E-state index is 11.9. The number of esters is 1. The third-order valence-electron chi connectivity index (χ3n) is 3.11. The molecule has 0 saturated heterocycles. The maximum absolute atomic E-state index is 11.9. The summed E-state index contributed by atoms with van der Waals surface area (Å²) in [7, 11) is 1.34. The zero-order valence-corrected chi connectivity index (χ0v) is 14.9. The number of nitrogens with one attached hydrogen (secondary N) is 1. The number of aromatic nitrogens is 1. The van der Waals surface area contributed by atoms with E-state index in [0.717, 1.165) is 4.88 Å². The van der Waals surface area contributed by atoms with Gasteiger partial charge in [-0.15, -0.1) is 22.7 Å². The molecule has 2 heterocycles. The van der Waals surface area contributed by atoms with Gasteiger partial charge in [0.2, 0.25) is 0 Å². The Morgan fingerprint density at radius 2 is 1.96 bits per heavy atom. The zero-order chi connectivity index (χ0) is 17.6. The Bertz CT molecular complexity index is 874. The Labute approximate surface area is 152 Å². The summed E-state index contributed by atoms with van der Waals surface area (Å²) in [6, 6.07) is 12.6. The number of ether oxygens (including phenoxy) is 2. The molecule has 0 spiro atoms. The number of carbonyl (C=O) groups excluding carboxylic acids is 2. The summed E-state index contributed by atoms with van der Waals surface area (Å²) in [5.74, 6) is -0.0318. The number of rotatable bonds is 6. The normalized spacial score (nSPS) is 10.3. The number of hydrogen-bond donors (Lipinski definition) is 1. The van der Waals surface area contributed by atoms with Gasteiger partial charge in [-0.3, -0.25) is 10.1 Å². The van der Waals surface area contributed by atoms with Crippen molar-refractivity contribution in [3.05, 3.63) is 52.7 Å². The van der Waals surface area contributed by atoms with Gasteiger partial charge in [-0.1, -0.05) is 18.2 Å². The molecule has 1 aromatic carbocycles. The van der Waals surface area contributed by atoms with E-state index in [0.29, 0.717) is 21.5 Å². The number of thiophene rings is 1. The molecule has 0 bridgehead atoms. The van der Waals surface area contributed by atoms with Gasteiger partial charge in [-0.2, -0.15) is 0 Å². The van der Waals surface area contributed by atoms with Crippen LogP contribution in [0.2, 0.25) is 0 Å². The van der Waals surface area contributed by atoms with Crippen molar-refractivity contribution in [2.24, 2.45) is 0 Å². The number of hydrogen-bond acceptors (Lipinski definition) is 7. The van der Waals surface area contributed by atoms with E-state index in [4.69, 9.17) is 4.74 Å². The van der Waals surface area contributed by atoms with Gasteiger partial charge >= 0.3 is 5.97 Å². The highest BCUT2D eigenvalue weighted by Gasteiger charge is 2.13. The van der Waals surface area contributed by atoms with Crippen molar-refractivity contribution in [1.29, 1.82) is 0 Å². The van der Waals surface area contributed by atoms with Crippen LogP contribution in [0.15, 0.2) is 47.8 Å². The minimum atomic E-state index is -0.377. The average molecular weight is 374 g/mol. The van der Waals surface area contributed by atoms with Gasteiger partial charge in [-0.25, -0.2) is 9.78 Å². The number of para-hydroxylation sites is 1. The molecule has 1 amide bonds. The van der Waals surface area contributed by atoms with Crippen molar-refractivity contribution in [3.63, 3.8) is 0 Å². The first kappa shape index (κ1) is 17.1. The molecule has 25 heavy (non-hydrogen) atoms. The highest BCUT2D eigenvalue weighted by Crippen LogP contribution is 2.31. The second-order valence-corrected chi connectivity index (χ2v) is 6.79. The van der Waals surface area contributed by atoms with Gasteiger partial charge in [0.25, 0.3) is 5.91 Å². The zero-order valence-electron chi connectivity index (χ0n) is 13.2. The Balaban J connectivity index is 1.58. The molecule has 6 nitrogen and oxygen atoms in total. The first-order chi connectivity index (χ1) is 12.2. The van der Waals surface area contributed by atoms with Crippen molar-refractivity contribution in [1.82, 2.24) is 4.98 Å². The minimum Gasteiger partial charge on any atom is -0.484 e. The number of nitrogens with zero attached hydrogens (tertiary/aromatic N) is 1. The summed E-state index contributed by atoms with van der Waals surface area (Å²) < 4.78 is 10.1. The molecule has 0 unspecified atom stereocenters. The van der Waals surface area contributed by atoms with E-state index < -0.39 is 0 Å². The first-order valence-corrected chi connectivity index (χ1v) is 8.97. The number of benzene rings is 1. The molecular formula is C17H14N2O4S2. The van der Waals surface area contributed by atoms with E-state index in [1.54, 1.807) is 24.3 Å². The highest BCUT2D eigenvalue weighted by molar-refractivity contribution is 7.18. The molecule has 0 aliphatic rings. The maximum Gasteiger partial charge on any atom is 0.348 e. The van der Waals surface area contributed by atoms with Crippen LogP contribution in [0.5, 0.6) is 5.75 Å². The van der Waals surface area contributed by atoms with Crippen LogP contribution in [-0.2, 0) is 9.53 Å². The van der Waals surface area contributed by atoms with Gasteiger partial charge in [-0.05, 0) is 24.3 Å². The molecule has 8 heteroatoms. The Morgan fingerprint density at radius 1 is 1.16 bits per heavy atom. The van der Waals surface area contributed by atoms with Crippen molar-refractivity contribution < 1.29 is 19.1 Å². The van der Waals surface area contributed by atoms with E-state index in [9.17, 15) is 9.59 Å². The number of anilines is 1. The van der Waals surface area contributed by atoms with E-state index in [1.807, 2.05) is 23.6 Å².